The molecule has 2 aromatic heterocycles. The molecule has 3 aromatic rings. The molecule has 1 amide bonds. The number of carbonyl (C=O) groups excluding carboxylic acids is 1. The Bertz CT molecular complexity index is 1240. The Morgan fingerprint density at radius 2 is 1.77 bits per heavy atom. The minimum atomic E-state index is -0.816. The first-order valence-electron chi connectivity index (χ1n) is 11.9. The van der Waals surface area contributed by atoms with Gasteiger partial charge in [-0.15, -0.1) is 0 Å². The predicted molar refractivity (Wildman–Crippen MR) is 127 cm³/mol. The van der Waals surface area contributed by atoms with Gasteiger partial charge >= 0.3 is 0 Å². The van der Waals surface area contributed by atoms with Crippen LogP contribution in [0.2, 0.25) is 5.15 Å². The molecular formula is C25H28ClF2N5O2. The fraction of sp³-hybridized carbons (Fsp3) is 0.480. The van der Waals surface area contributed by atoms with Gasteiger partial charge in [0.25, 0.3) is 5.91 Å². The van der Waals surface area contributed by atoms with Gasteiger partial charge in [-0.05, 0) is 68.8 Å². The van der Waals surface area contributed by atoms with Gasteiger partial charge in [0.05, 0.1) is 0 Å². The minimum Gasteiger partial charge on any atom is -0.361 e. The van der Waals surface area contributed by atoms with Crippen LogP contribution in [0, 0.1) is 24.0 Å². The average molecular weight is 504 g/mol. The van der Waals surface area contributed by atoms with E-state index in [1.807, 2.05) is 4.90 Å². The molecule has 186 valence electrons. The normalized spacial score (nSPS) is 18.4. The van der Waals surface area contributed by atoms with Gasteiger partial charge in [-0.3, -0.25) is 14.4 Å². The number of amides is 1. The fourth-order valence-corrected chi connectivity index (χ4v) is 5.48. The van der Waals surface area contributed by atoms with Crippen molar-refractivity contribution in [3.63, 3.8) is 0 Å². The summed E-state index contributed by atoms with van der Waals surface area (Å²) in [7, 11) is 1.70. The summed E-state index contributed by atoms with van der Waals surface area (Å²) < 4.78 is 33.4. The highest BCUT2D eigenvalue weighted by Gasteiger charge is 2.39. The van der Waals surface area contributed by atoms with Crippen LogP contribution in [0.5, 0.6) is 0 Å². The summed E-state index contributed by atoms with van der Waals surface area (Å²) in [4.78, 5) is 17.6. The van der Waals surface area contributed by atoms with Gasteiger partial charge in [-0.25, -0.2) is 8.78 Å². The van der Waals surface area contributed by atoms with Crippen molar-refractivity contribution < 1.29 is 18.1 Å². The van der Waals surface area contributed by atoms with E-state index >= 15 is 0 Å². The zero-order chi connectivity index (χ0) is 24.7. The van der Waals surface area contributed by atoms with E-state index in [4.69, 9.17) is 16.1 Å². The number of carbonyl (C=O) groups is 1. The van der Waals surface area contributed by atoms with Crippen LogP contribution in [-0.2, 0) is 13.6 Å². The number of aromatic nitrogens is 3. The number of hydrogen-bond donors (Lipinski definition) is 0. The number of nitrogens with zero attached hydrogens (tertiary/aromatic N) is 5. The molecule has 0 bridgehead atoms. The molecule has 35 heavy (non-hydrogen) atoms. The van der Waals surface area contributed by atoms with Crippen LogP contribution in [-0.4, -0.2) is 56.8 Å². The van der Waals surface area contributed by atoms with Crippen LogP contribution in [0.1, 0.15) is 47.4 Å². The highest BCUT2D eigenvalue weighted by atomic mass is 35.5. The molecule has 1 aromatic carbocycles. The lowest BCUT2D eigenvalue weighted by molar-refractivity contribution is 0.0285. The van der Waals surface area contributed by atoms with Crippen molar-refractivity contribution in [2.75, 3.05) is 26.2 Å². The standard InChI is InChI=1S/C25H28ClF2N5O2/c1-16-13-20(30-35-16)22-21(23(26)31(2)29-22)24(34)33-11-7-25(8-12-33)5-9-32(10-6-25)15-17-3-4-18(27)19(28)14-17/h3-4,13-14H,5-12,15H2,1-2H3. The maximum absolute atomic E-state index is 13.5. The second-order valence-corrected chi connectivity index (χ2v) is 10.1. The van der Waals surface area contributed by atoms with E-state index in [-0.39, 0.29) is 16.5 Å². The molecule has 10 heteroatoms. The largest absolute Gasteiger partial charge is 0.361 e. The Kier molecular flexibility index (Phi) is 6.40. The Morgan fingerprint density at radius 3 is 2.40 bits per heavy atom. The van der Waals surface area contributed by atoms with Gasteiger partial charge in [0.2, 0.25) is 0 Å². The number of rotatable bonds is 4. The first-order chi connectivity index (χ1) is 16.7. The molecule has 5 rings (SSSR count). The molecule has 0 aliphatic carbocycles. The van der Waals surface area contributed by atoms with Crippen LogP contribution < -0.4 is 0 Å². The van der Waals surface area contributed by atoms with E-state index in [1.54, 1.807) is 26.1 Å². The summed E-state index contributed by atoms with van der Waals surface area (Å²) in [5.41, 5.74) is 2.28. The van der Waals surface area contributed by atoms with Gasteiger partial charge in [0, 0.05) is 32.7 Å². The quantitative estimate of drug-likeness (QED) is 0.510. The van der Waals surface area contributed by atoms with E-state index in [0.717, 1.165) is 44.3 Å². The van der Waals surface area contributed by atoms with Crippen molar-refractivity contribution in [1.82, 2.24) is 24.7 Å². The van der Waals surface area contributed by atoms with E-state index < -0.39 is 11.6 Å². The van der Waals surface area contributed by atoms with Gasteiger partial charge in [-0.2, -0.15) is 5.10 Å². The summed E-state index contributed by atoms with van der Waals surface area (Å²) in [5, 5.41) is 8.72. The van der Waals surface area contributed by atoms with E-state index in [9.17, 15) is 13.6 Å². The zero-order valence-electron chi connectivity index (χ0n) is 19.9. The Morgan fingerprint density at radius 1 is 1.09 bits per heavy atom. The maximum atomic E-state index is 13.5. The number of halogens is 3. The molecule has 1 spiro atoms. The van der Waals surface area contributed by atoms with E-state index in [0.29, 0.717) is 42.3 Å². The summed E-state index contributed by atoms with van der Waals surface area (Å²) >= 11 is 6.47. The van der Waals surface area contributed by atoms with Gasteiger partial charge < -0.3 is 9.42 Å². The lowest BCUT2D eigenvalue weighted by Crippen LogP contribution is -2.48. The third-order valence-electron chi connectivity index (χ3n) is 7.48. The van der Waals surface area contributed by atoms with Crippen molar-refractivity contribution in [3.8, 4) is 11.4 Å². The Balaban J connectivity index is 1.21. The van der Waals surface area contributed by atoms with Crippen molar-refractivity contribution in [3.05, 3.63) is 57.9 Å². The molecule has 4 heterocycles. The second kappa shape index (κ2) is 9.35. The highest BCUT2D eigenvalue weighted by molar-refractivity contribution is 6.33. The molecule has 2 aliphatic heterocycles. The molecule has 0 saturated carbocycles. The summed E-state index contributed by atoms with van der Waals surface area (Å²) in [6, 6.07) is 5.86. The molecule has 2 fully saturated rings. The molecular weight excluding hydrogens is 476 g/mol. The molecule has 2 saturated heterocycles. The first kappa shape index (κ1) is 23.9. The molecule has 0 unspecified atom stereocenters. The summed E-state index contributed by atoms with van der Waals surface area (Å²) in [6.07, 6.45) is 3.90. The lowest BCUT2D eigenvalue weighted by atomic mass is 9.71. The van der Waals surface area contributed by atoms with Gasteiger partial charge in [-0.1, -0.05) is 22.8 Å². The van der Waals surface area contributed by atoms with Crippen molar-refractivity contribution in [2.24, 2.45) is 12.5 Å². The van der Waals surface area contributed by atoms with E-state index in [1.165, 1.54) is 16.8 Å². The third-order valence-corrected chi connectivity index (χ3v) is 7.91. The lowest BCUT2D eigenvalue weighted by Gasteiger charge is -2.47. The van der Waals surface area contributed by atoms with Crippen molar-refractivity contribution in [1.29, 1.82) is 0 Å². The predicted octanol–water partition coefficient (Wildman–Crippen LogP) is 4.83. The van der Waals surface area contributed by atoms with E-state index in [2.05, 4.69) is 15.2 Å². The number of aryl methyl sites for hydroxylation is 2. The Labute approximate surface area is 207 Å². The first-order valence-corrected chi connectivity index (χ1v) is 12.2. The summed E-state index contributed by atoms with van der Waals surface area (Å²) in [5.74, 6) is -1.12. The molecule has 0 atom stereocenters. The van der Waals surface area contributed by atoms with Crippen LogP contribution >= 0.6 is 11.6 Å². The van der Waals surface area contributed by atoms with Gasteiger partial charge in [0.15, 0.2) is 11.6 Å². The Hall–Kier alpha value is -2.78. The number of benzene rings is 1. The summed E-state index contributed by atoms with van der Waals surface area (Å²) in [6.45, 7) is 5.51. The topological polar surface area (TPSA) is 67.4 Å². The molecule has 2 aliphatic rings. The van der Waals surface area contributed by atoms with Crippen molar-refractivity contribution >= 4 is 17.5 Å². The number of likely N-dealkylation sites (tertiary alicyclic amines) is 2. The molecule has 0 radical (unpaired) electrons. The molecule has 0 N–H and O–H groups in total. The SMILES string of the molecule is Cc1cc(-c2nn(C)c(Cl)c2C(=O)N2CCC3(CCN(Cc4ccc(F)c(F)c4)CC3)CC2)no1. The fourth-order valence-electron chi connectivity index (χ4n) is 5.27. The van der Waals surface area contributed by atoms with Crippen LogP contribution in [0.25, 0.3) is 11.4 Å². The number of piperidine rings is 2. The second-order valence-electron chi connectivity index (χ2n) is 9.78. The van der Waals surface area contributed by atoms with Crippen LogP contribution in [0.15, 0.2) is 28.8 Å². The van der Waals surface area contributed by atoms with Crippen LogP contribution in [0.4, 0.5) is 8.78 Å². The highest BCUT2D eigenvalue weighted by Crippen LogP contribution is 2.42. The van der Waals surface area contributed by atoms with Crippen LogP contribution in [0.3, 0.4) is 0 Å². The minimum absolute atomic E-state index is 0.135. The third kappa shape index (κ3) is 4.71. The smallest absolute Gasteiger partial charge is 0.259 e. The zero-order valence-corrected chi connectivity index (χ0v) is 20.6. The van der Waals surface area contributed by atoms with Crippen molar-refractivity contribution in [2.45, 2.75) is 39.2 Å². The van der Waals surface area contributed by atoms with Gasteiger partial charge in [0.1, 0.15) is 27.9 Å². The number of hydrogen-bond acceptors (Lipinski definition) is 5. The maximum Gasteiger partial charge on any atom is 0.259 e. The molecule has 7 nitrogen and oxygen atoms in total. The average Bonchev–Trinajstić information content (AvgIpc) is 3.41. The monoisotopic (exact) mass is 503 g/mol.